The van der Waals surface area contributed by atoms with Crippen LogP contribution in [0.1, 0.15) is 64.9 Å². The average Bonchev–Trinajstić information content (AvgIpc) is 2.67. The number of ketones is 1. The first-order chi connectivity index (χ1) is 13.7. The second-order valence-electron chi connectivity index (χ2n) is 7.00. The molecule has 0 spiro atoms. The SMILES string of the molecule is CCCCCC[C@@](CCc1ccc([N+](=O)[O-])cc1[N+](=O)[O-])(C(C)=O)C(=O)OCC. The number of ether oxygens (including phenoxy) is 1. The summed E-state index contributed by atoms with van der Waals surface area (Å²) in [6.45, 7) is 5.17. The van der Waals surface area contributed by atoms with E-state index in [0.717, 1.165) is 25.3 Å². The highest BCUT2D eigenvalue weighted by molar-refractivity contribution is 6.02. The van der Waals surface area contributed by atoms with Gasteiger partial charge in [0.15, 0.2) is 0 Å². The van der Waals surface area contributed by atoms with Gasteiger partial charge in [-0.1, -0.05) is 32.6 Å². The number of Topliss-reactive ketones (excluding diaryl/α,β-unsaturated/α-hetero) is 1. The van der Waals surface area contributed by atoms with Crippen molar-refractivity contribution in [2.45, 2.75) is 65.7 Å². The summed E-state index contributed by atoms with van der Waals surface area (Å²) >= 11 is 0. The van der Waals surface area contributed by atoms with Gasteiger partial charge in [0.1, 0.15) is 11.2 Å². The number of nitro benzene ring substituents is 2. The van der Waals surface area contributed by atoms with Gasteiger partial charge < -0.3 is 4.74 Å². The molecule has 9 heteroatoms. The number of benzene rings is 1. The third kappa shape index (κ3) is 6.33. The fraction of sp³-hybridized carbons (Fsp3) is 0.600. The normalized spacial score (nSPS) is 12.8. The van der Waals surface area contributed by atoms with Crippen LogP contribution in [0.5, 0.6) is 0 Å². The van der Waals surface area contributed by atoms with E-state index >= 15 is 0 Å². The molecule has 0 saturated heterocycles. The maximum atomic E-state index is 12.7. The van der Waals surface area contributed by atoms with E-state index < -0.39 is 26.9 Å². The van der Waals surface area contributed by atoms with Crippen molar-refractivity contribution in [1.82, 2.24) is 0 Å². The predicted octanol–water partition coefficient (Wildman–Crippen LogP) is 4.54. The number of carbonyl (C=O) groups is 2. The summed E-state index contributed by atoms with van der Waals surface area (Å²) in [5, 5.41) is 22.3. The first-order valence-electron chi connectivity index (χ1n) is 9.79. The number of hydrogen-bond donors (Lipinski definition) is 0. The lowest BCUT2D eigenvalue weighted by molar-refractivity contribution is -0.394. The summed E-state index contributed by atoms with van der Waals surface area (Å²) in [5.74, 6) is -0.953. The Kier molecular flexibility index (Phi) is 9.37. The van der Waals surface area contributed by atoms with Crippen molar-refractivity contribution in [2.75, 3.05) is 6.61 Å². The summed E-state index contributed by atoms with van der Waals surface area (Å²) < 4.78 is 5.16. The van der Waals surface area contributed by atoms with Crippen molar-refractivity contribution in [1.29, 1.82) is 0 Å². The molecule has 1 aromatic rings. The molecule has 29 heavy (non-hydrogen) atoms. The van der Waals surface area contributed by atoms with Gasteiger partial charge in [0.25, 0.3) is 11.4 Å². The van der Waals surface area contributed by atoms with E-state index in [1.165, 1.54) is 19.1 Å². The summed E-state index contributed by atoms with van der Waals surface area (Å²) in [7, 11) is 0. The Hall–Kier alpha value is -2.84. The van der Waals surface area contributed by atoms with Gasteiger partial charge in [0, 0.05) is 11.6 Å². The van der Waals surface area contributed by atoms with Gasteiger partial charge in [-0.25, -0.2) is 0 Å². The minimum atomic E-state index is -1.38. The third-order valence-electron chi connectivity index (χ3n) is 5.09. The van der Waals surface area contributed by atoms with Crippen LogP contribution in [-0.4, -0.2) is 28.2 Å². The molecule has 0 saturated carbocycles. The lowest BCUT2D eigenvalue weighted by atomic mass is 9.74. The number of aryl methyl sites for hydroxylation is 1. The molecule has 0 heterocycles. The molecular weight excluding hydrogens is 380 g/mol. The van der Waals surface area contributed by atoms with E-state index in [4.69, 9.17) is 4.74 Å². The zero-order chi connectivity index (χ0) is 22.0. The summed E-state index contributed by atoms with van der Waals surface area (Å²) in [6, 6.07) is 3.39. The Morgan fingerprint density at radius 3 is 2.24 bits per heavy atom. The van der Waals surface area contributed by atoms with Crippen molar-refractivity contribution in [2.24, 2.45) is 5.41 Å². The van der Waals surface area contributed by atoms with E-state index in [0.29, 0.717) is 12.8 Å². The summed E-state index contributed by atoms with van der Waals surface area (Å²) in [4.78, 5) is 46.1. The van der Waals surface area contributed by atoms with Gasteiger partial charge >= 0.3 is 5.97 Å². The molecule has 0 aliphatic rings. The number of nitro groups is 2. The lowest BCUT2D eigenvalue weighted by Gasteiger charge is -2.29. The molecule has 0 N–H and O–H groups in total. The van der Waals surface area contributed by atoms with Crippen LogP contribution in [0.15, 0.2) is 18.2 Å². The van der Waals surface area contributed by atoms with Gasteiger partial charge in [-0.05, 0) is 39.2 Å². The van der Waals surface area contributed by atoms with E-state index in [-0.39, 0.29) is 36.5 Å². The summed E-state index contributed by atoms with van der Waals surface area (Å²) in [5.41, 5.74) is -1.92. The van der Waals surface area contributed by atoms with Crippen molar-refractivity contribution < 1.29 is 24.2 Å². The van der Waals surface area contributed by atoms with Crippen LogP contribution < -0.4 is 0 Å². The first-order valence-corrected chi connectivity index (χ1v) is 9.79. The van der Waals surface area contributed by atoms with Crippen LogP contribution in [0.25, 0.3) is 0 Å². The Morgan fingerprint density at radius 1 is 1.03 bits per heavy atom. The topological polar surface area (TPSA) is 130 Å². The van der Waals surface area contributed by atoms with E-state index in [2.05, 4.69) is 6.92 Å². The van der Waals surface area contributed by atoms with Gasteiger partial charge in [0.05, 0.1) is 22.5 Å². The lowest BCUT2D eigenvalue weighted by Crippen LogP contribution is -2.40. The molecule has 0 aliphatic heterocycles. The van der Waals surface area contributed by atoms with Gasteiger partial charge in [-0.3, -0.25) is 29.8 Å². The van der Waals surface area contributed by atoms with E-state index in [1.807, 2.05) is 0 Å². The molecule has 0 fully saturated rings. The van der Waals surface area contributed by atoms with Crippen molar-refractivity contribution in [3.63, 3.8) is 0 Å². The minimum absolute atomic E-state index is 0.0476. The van der Waals surface area contributed by atoms with Gasteiger partial charge in [0.2, 0.25) is 0 Å². The molecule has 1 atom stereocenters. The second-order valence-corrected chi connectivity index (χ2v) is 7.00. The van der Waals surface area contributed by atoms with Crippen LogP contribution in [0.2, 0.25) is 0 Å². The molecule has 0 bridgehead atoms. The fourth-order valence-electron chi connectivity index (χ4n) is 3.34. The maximum absolute atomic E-state index is 12.7. The number of carbonyl (C=O) groups excluding carboxylic acids is 2. The Bertz CT molecular complexity index is 763. The fourth-order valence-corrected chi connectivity index (χ4v) is 3.34. The standard InChI is InChI=1S/C20H28N2O7/c1-4-6-7-8-12-20(15(3)23,19(24)29-5-2)13-11-16-9-10-17(21(25)26)14-18(16)22(27)28/h9-10,14H,4-8,11-13H2,1-3H3/t20-/m1/s1. The molecular formula is C20H28N2O7. The number of non-ortho nitro benzene ring substituents is 1. The molecule has 0 radical (unpaired) electrons. The third-order valence-corrected chi connectivity index (χ3v) is 5.09. The second kappa shape index (κ2) is 11.2. The quantitative estimate of drug-likeness (QED) is 0.154. The molecule has 9 nitrogen and oxygen atoms in total. The molecule has 0 unspecified atom stereocenters. The van der Waals surface area contributed by atoms with Crippen LogP contribution in [0.3, 0.4) is 0 Å². The van der Waals surface area contributed by atoms with Crippen LogP contribution in [-0.2, 0) is 20.7 Å². The molecule has 0 aromatic heterocycles. The molecule has 1 aromatic carbocycles. The Labute approximate surface area is 169 Å². The van der Waals surface area contributed by atoms with Gasteiger partial charge in [-0.15, -0.1) is 0 Å². The van der Waals surface area contributed by atoms with Crippen molar-refractivity contribution >= 4 is 23.1 Å². The van der Waals surface area contributed by atoms with Crippen molar-refractivity contribution in [3.8, 4) is 0 Å². The monoisotopic (exact) mass is 408 g/mol. The highest BCUT2D eigenvalue weighted by atomic mass is 16.6. The largest absolute Gasteiger partial charge is 0.465 e. The first kappa shape index (κ1) is 24.2. The number of esters is 1. The highest BCUT2D eigenvalue weighted by Gasteiger charge is 2.44. The molecule has 160 valence electrons. The Balaban J connectivity index is 3.19. The van der Waals surface area contributed by atoms with E-state index in [1.54, 1.807) is 6.92 Å². The number of unbranched alkanes of at least 4 members (excludes halogenated alkanes) is 3. The highest BCUT2D eigenvalue weighted by Crippen LogP contribution is 2.36. The minimum Gasteiger partial charge on any atom is -0.465 e. The average molecular weight is 408 g/mol. The van der Waals surface area contributed by atoms with Crippen LogP contribution in [0.4, 0.5) is 11.4 Å². The number of hydrogen-bond acceptors (Lipinski definition) is 7. The Morgan fingerprint density at radius 2 is 1.72 bits per heavy atom. The number of rotatable bonds is 13. The van der Waals surface area contributed by atoms with E-state index in [9.17, 15) is 29.8 Å². The van der Waals surface area contributed by atoms with Gasteiger partial charge in [-0.2, -0.15) is 0 Å². The maximum Gasteiger partial charge on any atom is 0.319 e. The smallest absolute Gasteiger partial charge is 0.319 e. The molecule has 0 amide bonds. The summed E-state index contributed by atoms with van der Waals surface area (Å²) in [6.07, 6.45) is 3.91. The molecule has 0 aliphatic carbocycles. The number of nitrogens with zero attached hydrogens (tertiary/aromatic N) is 2. The van der Waals surface area contributed by atoms with Crippen molar-refractivity contribution in [3.05, 3.63) is 44.0 Å². The van der Waals surface area contributed by atoms with Crippen LogP contribution in [0, 0.1) is 25.6 Å². The molecule has 1 rings (SSSR count). The predicted molar refractivity (Wildman–Crippen MR) is 107 cm³/mol. The zero-order valence-corrected chi connectivity index (χ0v) is 17.1. The van der Waals surface area contributed by atoms with Crippen LogP contribution >= 0.6 is 0 Å². The zero-order valence-electron chi connectivity index (χ0n) is 17.1.